The van der Waals surface area contributed by atoms with Crippen LogP contribution in [0.1, 0.15) is 29.0 Å². The second-order valence-electron chi connectivity index (χ2n) is 9.89. The Morgan fingerprint density at radius 3 is 2.03 bits per heavy atom. The molecule has 2 atom stereocenters. The highest BCUT2D eigenvalue weighted by Gasteiger charge is 2.51. The van der Waals surface area contributed by atoms with E-state index in [-0.39, 0.29) is 5.92 Å². The molecule has 4 aromatic carbocycles. The minimum Gasteiger partial charge on any atom is -0.310 e. The van der Waals surface area contributed by atoms with Crippen LogP contribution in [0, 0.1) is 0 Å². The highest BCUT2D eigenvalue weighted by molar-refractivity contribution is 6.23. The number of aliphatic imine (C=N–C) groups is 2. The first kappa shape index (κ1) is 22.4. The van der Waals surface area contributed by atoms with Gasteiger partial charge in [-0.2, -0.15) is 0 Å². The Hall–Kier alpha value is -4.76. The van der Waals surface area contributed by atoms with E-state index in [1.54, 1.807) is 0 Å². The van der Waals surface area contributed by atoms with Gasteiger partial charge >= 0.3 is 0 Å². The number of para-hydroxylation sites is 1. The molecule has 4 aromatic rings. The van der Waals surface area contributed by atoms with Gasteiger partial charge in [-0.25, -0.2) is 4.99 Å². The lowest BCUT2D eigenvalue weighted by Gasteiger charge is -2.45. The molecule has 0 fully saturated rings. The minimum atomic E-state index is -0.560. The lowest BCUT2D eigenvalue weighted by atomic mass is 9.79. The molecule has 38 heavy (non-hydrogen) atoms. The SMILES string of the molecule is C1=CC2=N[C@]3(c4ccccc4)C[C@H](c4ccccc4)C=C(c4ccccc4)N3C2=CC1=Nc1ccccc1. The Morgan fingerprint density at radius 1 is 0.684 bits per heavy atom. The number of allylic oxidation sites excluding steroid dienone is 4. The van der Waals surface area contributed by atoms with Crippen LogP contribution >= 0.6 is 0 Å². The Bertz CT molecular complexity index is 1610. The van der Waals surface area contributed by atoms with Gasteiger partial charge in [-0.3, -0.25) is 4.99 Å². The van der Waals surface area contributed by atoms with Crippen molar-refractivity contribution in [1.82, 2.24) is 4.90 Å². The molecule has 0 saturated carbocycles. The Balaban J connectivity index is 1.45. The van der Waals surface area contributed by atoms with E-state index < -0.39 is 5.66 Å². The molecule has 182 valence electrons. The van der Waals surface area contributed by atoms with Gasteiger partial charge in [0.05, 0.1) is 22.8 Å². The number of hydrogen-bond donors (Lipinski definition) is 0. The molecule has 3 aliphatic rings. The average Bonchev–Trinajstić information content (AvgIpc) is 3.33. The highest BCUT2D eigenvalue weighted by Crippen LogP contribution is 2.54. The summed E-state index contributed by atoms with van der Waals surface area (Å²) >= 11 is 0. The number of hydrogen-bond acceptors (Lipinski definition) is 3. The largest absolute Gasteiger partial charge is 0.310 e. The van der Waals surface area contributed by atoms with Gasteiger partial charge in [-0.15, -0.1) is 0 Å². The fraction of sp³-hybridized carbons (Fsp3) is 0.0857. The van der Waals surface area contributed by atoms with E-state index in [0.29, 0.717) is 0 Å². The normalized spacial score (nSPS) is 22.8. The predicted molar refractivity (Wildman–Crippen MR) is 156 cm³/mol. The minimum absolute atomic E-state index is 0.217. The Morgan fingerprint density at radius 2 is 1.32 bits per heavy atom. The first-order valence-electron chi connectivity index (χ1n) is 13.1. The molecule has 2 heterocycles. The Kier molecular flexibility index (Phi) is 5.48. The van der Waals surface area contributed by atoms with Crippen molar-refractivity contribution in [3.63, 3.8) is 0 Å². The van der Waals surface area contributed by atoms with Crippen molar-refractivity contribution in [3.05, 3.63) is 168 Å². The third kappa shape index (κ3) is 3.84. The van der Waals surface area contributed by atoms with Crippen molar-refractivity contribution < 1.29 is 0 Å². The quantitative estimate of drug-likeness (QED) is 0.267. The first-order chi connectivity index (χ1) is 18.8. The topological polar surface area (TPSA) is 28.0 Å². The molecule has 2 aliphatic heterocycles. The van der Waals surface area contributed by atoms with Crippen LogP contribution in [0.25, 0.3) is 5.70 Å². The number of rotatable bonds is 4. The zero-order valence-electron chi connectivity index (χ0n) is 21.0. The van der Waals surface area contributed by atoms with Crippen LogP contribution in [-0.4, -0.2) is 16.3 Å². The standard InChI is InChI=1S/C35H27N3/c1-5-13-26(14-6-1)28-23-33(27-15-7-2-8-16-27)38-34-24-31(36-30-19-11-4-12-20-30)21-22-32(34)37-35(38,25-28)29-17-9-3-10-18-29/h1-24,28H,25H2/t28-,35-/m1/s1. The van der Waals surface area contributed by atoms with Gasteiger partial charge in [-0.1, -0.05) is 115 Å². The summed E-state index contributed by atoms with van der Waals surface area (Å²) in [4.78, 5) is 12.9. The predicted octanol–water partition coefficient (Wildman–Crippen LogP) is 8.05. The smallest absolute Gasteiger partial charge is 0.163 e. The van der Waals surface area contributed by atoms with E-state index in [2.05, 4.69) is 120 Å². The van der Waals surface area contributed by atoms with E-state index >= 15 is 0 Å². The van der Waals surface area contributed by atoms with E-state index in [1.807, 2.05) is 30.3 Å². The van der Waals surface area contributed by atoms with Crippen LogP contribution in [0.5, 0.6) is 0 Å². The molecular formula is C35H27N3. The lowest BCUT2D eigenvalue weighted by Crippen LogP contribution is -2.43. The number of nitrogens with zero attached hydrogens (tertiary/aromatic N) is 3. The number of benzene rings is 4. The highest BCUT2D eigenvalue weighted by atomic mass is 15.4. The average molecular weight is 490 g/mol. The fourth-order valence-corrected chi connectivity index (χ4v) is 5.82. The van der Waals surface area contributed by atoms with E-state index in [0.717, 1.165) is 29.2 Å². The maximum atomic E-state index is 5.52. The summed E-state index contributed by atoms with van der Waals surface area (Å²) in [5, 5.41) is 0. The van der Waals surface area contributed by atoms with Crippen LogP contribution in [0.3, 0.4) is 0 Å². The van der Waals surface area contributed by atoms with Gasteiger partial charge < -0.3 is 4.90 Å². The van der Waals surface area contributed by atoms with Crippen LogP contribution in [0.4, 0.5) is 5.69 Å². The molecule has 0 N–H and O–H groups in total. The van der Waals surface area contributed by atoms with Gasteiger partial charge in [0.1, 0.15) is 0 Å². The molecule has 0 unspecified atom stereocenters. The molecule has 3 heteroatoms. The zero-order chi connectivity index (χ0) is 25.4. The van der Waals surface area contributed by atoms with E-state index in [9.17, 15) is 0 Å². The van der Waals surface area contributed by atoms with Crippen LogP contribution in [0.2, 0.25) is 0 Å². The van der Waals surface area contributed by atoms with Crippen LogP contribution in [0.15, 0.2) is 161 Å². The van der Waals surface area contributed by atoms with Gasteiger partial charge in [-0.05, 0) is 41.5 Å². The summed E-state index contributed by atoms with van der Waals surface area (Å²) in [6, 6.07) is 42.4. The van der Waals surface area contributed by atoms with Crippen molar-refractivity contribution in [2.75, 3.05) is 0 Å². The zero-order valence-corrected chi connectivity index (χ0v) is 21.0. The summed E-state index contributed by atoms with van der Waals surface area (Å²) in [6.07, 6.45) is 9.66. The van der Waals surface area contributed by atoms with Gasteiger partial charge in [0.15, 0.2) is 5.66 Å². The molecule has 0 spiro atoms. The molecule has 7 rings (SSSR count). The first-order valence-corrected chi connectivity index (χ1v) is 13.1. The molecule has 0 aromatic heterocycles. The molecular weight excluding hydrogens is 462 g/mol. The molecule has 0 bridgehead atoms. The van der Waals surface area contributed by atoms with Crippen molar-refractivity contribution >= 4 is 22.8 Å². The second kappa shape index (κ2) is 9.28. The number of fused-ring (bicyclic) bond motifs is 3. The molecule has 0 saturated heterocycles. The van der Waals surface area contributed by atoms with Crippen molar-refractivity contribution in [1.29, 1.82) is 0 Å². The van der Waals surface area contributed by atoms with Crippen molar-refractivity contribution in [2.45, 2.75) is 18.0 Å². The molecule has 1 aliphatic carbocycles. The van der Waals surface area contributed by atoms with Crippen molar-refractivity contribution in [2.24, 2.45) is 9.98 Å². The summed E-state index contributed by atoms with van der Waals surface area (Å²) in [7, 11) is 0. The molecule has 0 radical (unpaired) electrons. The lowest BCUT2D eigenvalue weighted by molar-refractivity contribution is 0.200. The third-order valence-electron chi connectivity index (χ3n) is 7.53. The second-order valence-corrected chi connectivity index (χ2v) is 9.89. The van der Waals surface area contributed by atoms with Crippen LogP contribution < -0.4 is 0 Å². The summed E-state index contributed by atoms with van der Waals surface area (Å²) in [6.45, 7) is 0. The summed E-state index contributed by atoms with van der Waals surface area (Å²) < 4.78 is 0. The van der Waals surface area contributed by atoms with E-state index in [4.69, 9.17) is 9.98 Å². The molecule has 3 nitrogen and oxygen atoms in total. The van der Waals surface area contributed by atoms with Crippen molar-refractivity contribution in [3.8, 4) is 0 Å². The summed E-state index contributed by atoms with van der Waals surface area (Å²) in [5.41, 5.74) is 8.25. The third-order valence-corrected chi connectivity index (χ3v) is 7.53. The van der Waals surface area contributed by atoms with E-state index in [1.165, 1.54) is 22.4 Å². The van der Waals surface area contributed by atoms with Gasteiger partial charge in [0.25, 0.3) is 0 Å². The van der Waals surface area contributed by atoms with Crippen LogP contribution in [-0.2, 0) is 5.66 Å². The Labute approximate surface area is 223 Å². The van der Waals surface area contributed by atoms with Gasteiger partial charge in [0, 0.05) is 23.6 Å². The van der Waals surface area contributed by atoms with Gasteiger partial charge in [0.2, 0.25) is 0 Å². The monoisotopic (exact) mass is 489 g/mol. The maximum absolute atomic E-state index is 5.52. The molecule has 0 amide bonds. The summed E-state index contributed by atoms with van der Waals surface area (Å²) in [5.74, 6) is 0.217. The maximum Gasteiger partial charge on any atom is 0.163 e. The fourth-order valence-electron chi connectivity index (χ4n) is 5.82.